The summed E-state index contributed by atoms with van der Waals surface area (Å²) in [5, 5.41) is 2.39. The van der Waals surface area contributed by atoms with E-state index in [-0.39, 0.29) is 13.4 Å². The molecule has 1 aromatic heterocycles. The topological polar surface area (TPSA) is 30.4 Å². The third-order valence-corrected chi connectivity index (χ3v) is 20.5. The number of rotatable bonds is 11. The van der Waals surface area contributed by atoms with E-state index in [0.29, 0.717) is 0 Å². The van der Waals surface area contributed by atoms with Crippen molar-refractivity contribution in [1.82, 2.24) is 4.57 Å². The third-order valence-electron chi connectivity index (χ3n) is 20.5. The zero-order valence-corrected chi connectivity index (χ0v) is 53.9. The Morgan fingerprint density at radius 2 is 0.667 bits per heavy atom. The molecule has 462 valence electrons. The van der Waals surface area contributed by atoms with E-state index in [2.05, 4.69) is 393 Å². The van der Waals surface area contributed by atoms with Crippen LogP contribution in [-0.4, -0.2) is 18.0 Å². The normalized spacial score (nSPS) is 12.8. The van der Waals surface area contributed by atoms with Gasteiger partial charge in [-0.15, -0.1) is 0 Å². The first-order valence-corrected chi connectivity index (χ1v) is 34.1. The molecule has 7 nitrogen and oxygen atoms in total. The second-order valence-corrected chi connectivity index (χ2v) is 25.9. The largest absolute Gasteiger partial charge is 0.458 e. The molecule has 16 aromatic rings. The van der Waals surface area contributed by atoms with E-state index in [9.17, 15) is 0 Å². The van der Waals surface area contributed by atoms with Crippen LogP contribution < -0.4 is 62.0 Å². The summed E-state index contributed by atoms with van der Waals surface area (Å²) in [5.41, 5.74) is 28.7. The van der Waals surface area contributed by atoms with Gasteiger partial charge in [0.15, 0.2) is 0 Å². The van der Waals surface area contributed by atoms with Crippen molar-refractivity contribution in [3.8, 4) is 28.3 Å². The summed E-state index contributed by atoms with van der Waals surface area (Å²) in [7, 11) is 0. The maximum atomic E-state index is 7.48. The molecule has 5 heterocycles. The van der Waals surface area contributed by atoms with Crippen LogP contribution in [0.5, 0.6) is 11.5 Å². The Hall–Kier alpha value is -13.0. The quantitative estimate of drug-likeness (QED) is 0.120. The summed E-state index contributed by atoms with van der Waals surface area (Å²) in [6.07, 6.45) is 0. The van der Waals surface area contributed by atoms with Gasteiger partial charge in [0.25, 0.3) is 13.4 Å². The molecule has 0 radical (unpaired) electrons. The maximum Gasteiger partial charge on any atom is 0.256 e. The zero-order chi connectivity index (χ0) is 65.1. The van der Waals surface area contributed by atoms with Gasteiger partial charge in [-0.3, -0.25) is 0 Å². The highest BCUT2D eigenvalue weighted by molar-refractivity contribution is 7.02. The smallest absolute Gasteiger partial charge is 0.256 e. The first kappa shape index (κ1) is 56.4. The minimum absolute atomic E-state index is 0.204. The van der Waals surface area contributed by atoms with Gasteiger partial charge in [-0.25, -0.2) is 0 Å². The van der Waals surface area contributed by atoms with Crippen LogP contribution in [0.15, 0.2) is 364 Å². The summed E-state index contributed by atoms with van der Waals surface area (Å²) >= 11 is 0. The van der Waals surface area contributed by atoms with Crippen LogP contribution in [0.1, 0.15) is 0 Å². The minimum Gasteiger partial charge on any atom is -0.458 e. The molecule has 0 saturated heterocycles. The van der Waals surface area contributed by atoms with Crippen molar-refractivity contribution in [1.29, 1.82) is 0 Å². The fourth-order valence-corrected chi connectivity index (χ4v) is 16.5. The van der Waals surface area contributed by atoms with Crippen molar-refractivity contribution in [3.63, 3.8) is 0 Å². The fourth-order valence-electron chi connectivity index (χ4n) is 16.5. The molecule has 9 heteroatoms. The molecule has 0 aliphatic carbocycles. The standard InChI is InChI=1S/C90H60B2N6O/c1-8-31-61(32-9-1)93(62-33-10-2-11-34-62)68-55-83-88-84(56-68)96(66-41-18-6-19-42-66)81-60-82-77(59-76(81)91(88)74-49-24-28-53-80(74)95(83)65-39-16-5-17-40-65)92-75-50-25-29-54-86(75)99-87-58-69(94(63-35-12-3-13-36-63)64-37-14-4-15-38-64)57-85(89(87)92)98(82)79-52-27-23-46-71(79)73-48-30-47-72-70-45-22-26-51-78(70)97(90(72)73)67-43-20-7-21-44-67/h1-60H. The lowest BCUT2D eigenvalue weighted by molar-refractivity contribution is 0.487. The molecule has 99 heavy (non-hydrogen) atoms. The summed E-state index contributed by atoms with van der Waals surface area (Å²) in [4.78, 5) is 12.5. The molecule has 0 fully saturated rings. The number of nitrogens with zero attached hydrogens (tertiary/aromatic N) is 6. The highest BCUT2D eigenvalue weighted by Gasteiger charge is 2.49. The van der Waals surface area contributed by atoms with E-state index in [0.717, 1.165) is 136 Å². The monoisotopic (exact) mass is 1260 g/mol. The Kier molecular flexibility index (Phi) is 13.0. The third kappa shape index (κ3) is 8.87. The summed E-state index contributed by atoms with van der Waals surface area (Å²) in [5.74, 6) is 1.66. The molecule has 0 atom stereocenters. The number of para-hydroxylation sites is 12. The van der Waals surface area contributed by atoms with Gasteiger partial charge in [-0.05, 0) is 166 Å². The van der Waals surface area contributed by atoms with Crippen LogP contribution >= 0.6 is 0 Å². The molecule has 15 aromatic carbocycles. The van der Waals surface area contributed by atoms with Crippen molar-refractivity contribution in [3.05, 3.63) is 364 Å². The molecule has 0 spiro atoms. The highest BCUT2D eigenvalue weighted by Crippen LogP contribution is 2.53. The zero-order valence-electron chi connectivity index (χ0n) is 53.9. The molecule has 0 amide bonds. The molecular weight excluding hydrogens is 1200 g/mol. The van der Waals surface area contributed by atoms with E-state index in [1.54, 1.807) is 0 Å². The van der Waals surface area contributed by atoms with Crippen molar-refractivity contribution in [2.45, 2.75) is 0 Å². The van der Waals surface area contributed by atoms with Crippen molar-refractivity contribution in [2.24, 2.45) is 0 Å². The second kappa shape index (κ2) is 22.9. The number of benzene rings is 15. The lowest BCUT2D eigenvalue weighted by atomic mass is 9.30. The molecule has 4 aliphatic rings. The molecule has 0 N–H and O–H groups in total. The van der Waals surface area contributed by atoms with Crippen molar-refractivity contribution >= 4 is 153 Å². The summed E-state index contributed by atoms with van der Waals surface area (Å²) < 4.78 is 9.94. The Bertz CT molecular complexity index is 5740. The number of hydrogen-bond acceptors (Lipinski definition) is 6. The lowest BCUT2D eigenvalue weighted by Gasteiger charge is -2.47. The first-order valence-electron chi connectivity index (χ1n) is 34.1. The number of aromatic nitrogens is 1. The Morgan fingerprint density at radius 1 is 0.242 bits per heavy atom. The van der Waals surface area contributed by atoms with E-state index < -0.39 is 0 Å². The van der Waals surface area contributed by atoms with Gasteiger partial charge in [-0.2, -0.15) is 0 Å². The van der Waals surface area contributed by atoms with Crippen LogP contribution in [0.2, 0.25) is 0 Å². The van der Waals surface area contributed by atoms with Crippen molar-refractivity contribution in [2.75, 3.05) is 24.5 Å². The van der Waals surface area contributed by atoms with Gasteiger partial charge in [-0.1, -0.05) is 224 Å². The predicted octanol–water partition coefficient (Wildman–Crippen LogP) is 19.9. The van der Waals surface area contributed by atoms with Crippen molar-refractivity contribution < 1.29 is 4.74 Å². The number of ether oxygens (including phenoxy) is 1. The minimum atomic E-state index is -0.248. The number of anilines is 15. The molecule has 20 rings (SSSR count). The SMILES string of the molecule is c1ccc(N(c2ccccc2)c2cc3c4c(c2)N(c2ccccc2-c2cccc5c6ccccc6n(-c6ccccc6)c25)c2cc5c(cc2B4c2ccccc2O3)B2c3ccccc3N(c3ccccc3)c3cc(N(c4ccccc4)c4ccccc4)cc(c32)N5c2ccccc2)cc1. The lowest BCUT2D eigenvalue weighted by Crippen LogP contribution is -2.64. The van der Waals surface area contributed by atoms with Crippen LogP contribution in [0.25, 0.3) is 38.6 Å². The molecule has 4 aliphatic heterocycles. The fraction of sp³-hybridized carbons (Fsp3) is 0. The predicted molar refractivity (Wildman–Crippen MR) is 415 cm³/mol. The molecule has 0 bridgehead atoms. The van der Waals surface area contributed by atoms with Crippen LogP contribution in [0, 0.1) is 0 Å². The van der Waals surface area contributed by atoms with E-state index in [4.69, 9.17) is 4.74 Å². The van der Waals surface area contributed by atoms with Crippen LogP contribution in [-0.2, 0) is 0 Å². The highest BCUT2D eigenvalue weighted by atomic mass is 16.5. The average molecular weight is 1260 g/mol. The van der Waals surface area contributed by atoms with Gasteiger partial charge < -0.3 is 33.8 Å². The summed E-state index contributed by atoms with van der Waals surface area (Å²) in [6, 6.07) is 133. The summed E-state index contributed by atoms with van der Waals surface area (Å²) in [6.45, 7) is -0.453. The average Bonchev–Trinajstić information content (AvgIpc) is 1.18. The Balaban J connectivity index is 0.920. The van der Waals surface area contributed by atoms with Crippen LogP contribution in [0.4, 0.5) is 85.3 Å². The second-order valence-electron chi connectivity index (χ2n) is 25.9. The van der Waals surface area contributed by atoms with Gasteiger partial charge >= 0.3 is 0 Å². The van der Waals surface area contributed by atoms with E-state index in [1.165, 1.54) is 32.6 Å². The number of fused-ring (bicyclic) bond motifs is 11. The van der Waals surface area contributed by atoms with Crippen LogP contribution in [0.3, 0.4) is 0 Å². The maximum absolute atomic E-state index is 7.48. The molecule has 0 unspecified atom stereocenters. The Morgan fingerprint density at radius 3 is 1.26 bits per heavy atom. The molecular formula is C90H60B2N6O. The van der Waals surface area contributed by atoms with E-state index in [1.807, 2.05) is 0 Å². The van der Waals surface area contributed by atoms with Gasteiger partial charge in [0.2, 0.25) is 0 Å². The van der Waals surface area contributed by atoms with Gasteiger partial charge in [0.1, 0.15) is 11.5 Å². The van der Waals surface area contributed by atoms with Gasteiger partial charge in [0, 0.05) is 102 Å². The first-order chi connectivity index (χ1) is 49.2. The number of hydrogen-bond donors (Lipinski definition) is 0. The van der Waals surface area contributed by atoms with Gasteiger partial charge in [0.05, 0.1) is 28.1 Å². The molecule has 0 saturated carbocycles. The Labute approximate surface area is 575 Å². The van der Waals surface area contributed by atoms with E-state index >= 15 is 0 Å².